The van der Waals surface area contributed by atoms with E-state index in [1.165, 1.54) is 6.07 Å². The number of piperazine rings is 1. The number of amides is 1. The van der Waals surface area contributed by atoms with Gasteiger partial charge in [0.2, 0.25) is 5.75 Å². The van der Waals surface area contributed by atoms with E-state index in [1.807, 2.05) is 4.90 Å². The summed E-state index contributed by atoms with van der Waals surface area (Å²) in [5.74, 6) is -0.860. The van der Waals surface area contributed by atoms with Crippen LogP contribution in [0.15, 0.2) is 18.2 Å². The number of halogens is 3. The predicted molar refractivity (Wildman–Crippen MR) is 92.3 cm³/mol. The van der Waals surface area contributed by atoms with Gasteiger partial charge < -0.3 is 19.3 Å². The molecule has 28 heavy (non-hydrogen) atoms. The van der Waals surface area contributed by atoms with Crippen LogP contribution in [-0.4, -0.2) is 53.1 Å². The highest BCUT2D eigenvalue weighted by Crippen LogP contribution is 2.42. The zero-order valence-electron chi connectivity index (χ0n) is 15.5. The number of alkyl halides is 3. The smallest absolute Gasteiger partial charge is 0.444 e. The SMILES string of the molecule is CC(C)(C)OC(=O)N1CCN(c2ccc(OC(F)(F)F)c([N+](=O)[O-])c2)C2CC21. The molecule has 8 nitrogen and oxygen atoms in total. The van der Waals surface area contributed by atoms with Gasteiger partial charge in [0.15, 0.2) is 0 Å². The molecule has 2 unspecified atom stereocenters. The lowest BCUT2D eigenvalue weighted by atomic mass is 10.2. The van der Waals surface area contributed by atoms with Gasteiger partial charge in [0.25, 0.3) is 0 Å². The zero-order valence-corrected chi connectivity index (χ0v) is 15.5. The zero-order chi connectivity index (χ0) is 20.9. The molecule has 0 N–H and O–H groups in total. The number of nitro benzene ring substituents is 1. The number of anilines is 1. The summed E-state index contributed by atoms with van der Waals surface area (Å²) in [6.07, 6.45) is -4.78. The normalized spacial score (nSPS) is 21.8. The minimum atomic E-state index is -5.02. The molecule has 0 radical (unpaired) electrons. The van der Waals surface area contributed by atoms with Crippen molar-refractivity contribution >= 4 is 17.5 Å². The van der Waals surface area contributed by atoms with Crippen molar-refractivity contribution in [2.45, 2.75) is 51.2 Å². The predicted octanol–water partition coefficient (Wildman–Crippen LogP) is 3.69. The van der Waals surface area contributed by atoms with Crippen LogP contribution in [0, 0.1) is 10.1 Å². The molecule has 1 saturated carbocycles. The van der Waals surface area contributed by atoms with E-state index in [-0.39, 0.29) is 12.1 Å². The fraction of sp³-hybridized carbons (Fsp3) is 0.588. The fourth-order valence-corrected chi connectivity index (χ4v) is 3.29. The van der Waals surface area contributed by atoms with Crippen molar-refractivity contribution < 1.29 is 32.4 Å². The van der Waals surface area contributed by atoms with Crippen molar-refractivity contribution in [2.24, 2.45) is 0 Å². The molecular formula is C17H20F3N3O5. The number of hydrogen-bond acceptors (Lipinski definition) is 6. The highest BCUT2D eigenvalue weighted by molar-refractivity contribution is 5.71. The largest absolute Gasteiger partial charge is 0.573 e. The first-order chi connectivity index (χ1) is 12.9. The van der Waals surface area contributed by atoms with Gasteiger partial charge in [0.05, 0.1) is 17.0 Å². The van der Waals surface area contributed by atoms with Crippen molar-refractivity contribution in [1.82, 2.24) is 4.90 Å². The standard InChI is InChI=1S/C17H20F3N3O5/c1-16(2,3)28-15(24)22-7-6-21(11-9-12(11)22)10-4-5-14(27-17(18,19)20)13(8-10)23(25)26/h4-5,8,11-12H,6-7,9H2,1-3H3. The Balaban J connectivity index is 1.75. The summed E-state index contributed by atoms with van der Waals surface area (Å²) in [7, 11) is 0. The lowest BCUT2D eigenvalue weighted by Crippen LogP contribution is -2.50. The Morgan fingerprint density at radius 3 is 2.46 bits per heavy atom. The molecule has 0 aromatic heterocycles. The van der Waals surface area contributed by atoms with Crippen molar-refractivity contribution in [3.8, 4) is 5.75 Å². The number of carbonyl (C=O) groups excluding carboxylic acids is 1. The van der Waals surface area contributed by atoms with E-state index in [2.05, 4.69) is 4.74 Å². The summed E-state index contributed by atoms with van der Waals surface area (Å²) in [5.41, 5.74) is -0.966. The first kappa shape index (κ1) is 20.0. The van der Waals surface area contributed by atoms with Gasteiger partial charge in [-0.2, -0.15) is 0 Å². The molecule has 11 heteroatoms. The second-order valence-electron chi connectivity index (χ2n) is 7.69. The molecule has 1 amide bonds. The van der Waals surface area contributed by atoms with Crippen LogP contribution in [0.2, 0.25) is 0 Å². The van der Waals surface area contributed by atoms with Gasteiger partial charge >= 0.3 is 18.1 Å². The molecule has 154 valence electrons. The van der Waals surface area contributed by atoms with Gasteiger partial charge in [-0.05, 0) is 39.3 Å². The van der Waals surface area contributed by atoms with Crippen molar-refractivity contribution in [2.75, 3.05) is 18.0 Å². The van der Waals surface area contributed by atoms with Crippen LogP contribution in [0.3, 0.4) is 0 Å². The van der Waals surface area contributed by atoms with E-state index < -0.39 is 34.4 Å². The van der Waals surface area contributed by atoms with Crippen LogP contribution in [0.1, 0.15) is 27.2 Å². The highest BCUT2D eigenvalue weighted by atomic mass is 19.4. The topological polar surface area (TPSA) is 85.2 Å². The lowest BCUT2D eigenvalue weighted by molar-refractivity contribution is -0.388. The number of nitro groups is 1. The first-order valence-electron chi connectivity index (χ1n) is 8.66. The van der Waals surface area contributed by atoms with Crippen LogP contribution in [0.5, 0.6) is 5.75 Å². The lowest BCUT2D eigenvalue weighted by Gasteiger charge is -2.36. The molecule has 1 aliphatic heterocycles. The molecule has 3 rings (SSSR count). The summed E-state index contributed by atoms with van der Waals surface area (Å²) in [6, 6.07) is 3.22. The molecule has 1 aromatic rings. The minimum absolute atomic E-state index is 0.0599. The molecule has 0 spiro atoms. The molecule has 0 bridgehead atoms. The minimum Gasteiger partial charge on any atom is -0.444 e. The van der Waals surface area contributed by atoms with E-state index in [0.29, 0.717) is 25.2 Å². The molecule has 1 heterocycles. The average Bonchev–Trinajstić information content (AvgIpc) is 3.31. The van der Waals surface area contributed by atoms with Crippen molar-refractivity contribution in [1.29, 1.82) is 0 Å². The third-order valence-corrected chi connectivity index (χ3v) is 4.43. The molecule has 1 aliphatic carbocycles. The Hall–Kier alpha value is -2.72. The van der Waals surface area contributed by atoms with Gasteiger partial charge in [-0.1, -0.05) is 0 Å². The molecule has 1 saturated heterocycles. The number of hydrogen-bond donors (Lipinski definition) is 0. The number of ether oxygens (including phenoxy) is 2. The Kier molecular flexibility index (Phi) is 4.80. The van der Waals surface area contributed by atoms with E-state index in [4.69, 9.17) is 4.74 Å². The van der Waals surface area contributed by atoms with Crippen LogP contribution in [0.4, 0.5) is 29.3 Å². The number of nitrogens with zero attached hydrogens (tertiary/aromatic N) is 3. The summed E-state index contributed by atoms with van der Waals surface area (Å²) in [4.78, 5) is 26.0. The second kappa shape index (κ2) is 6.71. The molecule has 2 fully saturated rings. The number of carbonyl (C=O) groups is 1. The fourth-order valence-electron chi connectivity index (χ4n) is 3.29. The maximum Gasteiger partial charge on any atom is 0.573 e. The highest BCUT2D eigenvalue weighted by Gasteiger charge is 2.52. The third-order valence-electron chi connectivity index (χ3n) is 4.43. The van der Waals surface area contributed by atoms with Crippen LogP contribution in [-0.2, 0) is 4.74 Å². The molecule has 2 atom stereocenters. The van der Waals surface area contributed by atoms with Gasteiger partial charge in [0, 0.05) is 24.8 Å². The number of rotatable bonds is 3. The number of benzene rings is 1. The summed E-state index contributed by atoms with van der Waals surface area (Å²) >= 11 is 0. The third kappa shape index (κ3) is 4.39. The van der Waals surface area contributed by atoms with Crippen molar-refractivity contribution in [3.05, 3.63) is 28.3 Å². The van der Waals surface area contributed by atoms with Crippen molar-refractivity contribution in [3.63, 3.8) is 0 Å². The first-order valence-corrected chi connectivity index (χ1v) is 8.66. The van der Waals surface area contributed by atoms with E-state index in [9.17, 15) is 28.1 Å². The quantitative estimate of drug-likeness (QED) is 0.565. The maximum atomic E-state index is 12.4. The second-order valence-corrected chi connectivity index (χ2v) is 7.69. The van der Waals surface area contributed by atoms with E-state index in [0.717, 1.165) is 12.1 Å². The van der Waals surface area contributed by atoms with Crippen LogP contribution < -0.4 is 9.64 Å². The monoisotopic (exact) mass is 403 g/mol. The van der Waals surface area contributed by atoms with E-state index in [1.54, 1.807) is 25.7 Å². The Morgan fingerprint density at radius 2 is 1.89 bits per heavy atom. The summed E-state index contributed by atoms with van der Waals surface area (Å²) < 4.78 is 46.4. The summed E-state index contributed by atoms with van der Waals surface area (Å²) in [5, 5.41) is 11.2. The van der Waals surface area contributed by atoms with Gasteiger partial charge in [0.1, 0.15) is 5.60 Å². The van der Waals surface area contributed by atoms with Gasteiger partial charge in [-0.15, -0.1) is 13.2 Å². The molecule has 2 aliphatic rings. The molecular weight excluding hydrogens is 383 g/mol. The van der Waals surface area contributed by atoms with Gasteiger partial charge in [-0.25, -0.2) is 4.79 Å². The Labute approximate surface area is 158 Å². The van der Waals surface area contributed by atoms with Crippen LogP contribution in [0.25, 0.3) is 0 Å². The summed E-state index contributed by atoms with van der Waals surface area (Å²) in [6.45, 7) is 6.06. The Bertz CT molecular complexity index is 793. The van der Waals surface area contributed by atoms with Gasteiger partial charge in [-0.3, -0.25) is 10.1 Å². The average molecular weight is 403 g/mol. The number of fused-ring (bicyclic) bond motifs is 1. The maximum absolute atomic E-state index is 12.4. The van der Waals surface area contributed by atoms with Crippen LogP contribution >= 0.6 is 0 Å². The molecule has 1 aromatic carbocycles. The Morgan fingerprint density at radius 1 is 1.21 bits per heavy atom. The van der Waals surface area contributed by atoms with E-state index >= 15 is 0 Å².